The number of carbonyl (C=O) groups is 2. The van der Waals surface area contributed by atoms with Crippen LogP contribution in [0.5, 0.6) is 0 Å². The van der Waals surface area contributed by atoms with Gasteiger partial charge in [0.05, 0.1) is 7.11 Å². The minimum atomic E-state index is -0.939. The summed E-state index contributed by atoms with van der Waals surface area (Å²) < 4.78 is 4.73. The smallest absolute Gasteiger partial charge is 0.321 e. The van der Waals surface area contributed by atoms with Crippen molar-refractivity contribution in [2.45, 2.75) is 19.8 Å². The molecule has 1 fully saturated rings. The molecule has 1 aromatic carbocycles. The van der Waals surface area contributed by atoms with Gasteiger partial charge in [0.1, 0.15) is 5.41 Å². The fourth-order valence-electron chi connectivity index (χ4n) is 2.20. The monoisotopic (exact) mass is 247 g/mol. The van der Waals surface area contributed by atoms with Crippen LogP contribution in [0.3, 0.4) is 0 Å². The van der Waals surface area contributed by atoms with Crippen molar-refractivity contribution in [2.75, 3.05) is 19.1 Å². The first-order chi connectivity index (χ1) is 8.53. The van der Waals surface area contributed by atoms with E-state index in [1.807, 2.05) is 31.2 Å². The number of anilines is 1. The normalized spacial score (nSPS) is 15.9. The Morgan fingerprint density at radius 2 is 1.89 bits per heavy atom. The van der Waals surface area contributed by atoms with Gasteiger partial charge in [0.2, 0.25) is 5.91 Å². The number of ether oxygens (including phenoxy) is 1. The van der Waals surface area contributed by atoms with E-state index in [0.29, 0.717) is 12.8 Å². The molecular formula is C14H17NO3. The topological polar surface area (TPSA) is 46.6 Å². The first-order valence-corrected chi connectivity index (χ1v) is 5.95. The van der Waals surface area contributed by atoms with E-state index in [1.54, 1.807) is 11.9 Å². The number of carbonyl (C=O) groups excluding carboxylic acids is 2. The number of hydrogen-bond acceptors (Lipinski definition) is 3. The number of para-hydroxylation sites is 1. The Bertz CT molecular complexity index is 492. The van der Waals surface area contributed by atoms with Crippen molar-refractivity contribution in [1.29, 1.82) is 0 Å². The van der Waals surface area contributed by atoms with Crippen LogP contribution in [0.4, 0.5) is 5.69 Å². The van der Waals surface area contributed by atoms with Crippen molar-refractivity contribution in [3.8, 4) is 0 Å². The van der Waals surface area contributed by atoms with Crippen LogP contribution < -0.4 is 4.90 Å². The summed E-state index contributed by atoms with van der Waals surface area (Å²) in [7, 11) is 3.02. The van der Waals surface area contributed by atoms with E-state index in [9.17, 15) is 9.59 Å². The van der Waals surface area contributed by atoms with Crippen molar-refractivity contribution in [3.05, 3.63) is 29.8 Å². The number of esters is 1. The Morgan fingerprint density at radius 3 is 2.39 bits per heavy atom. The molecule has 0 aliphatic heterocycles. The molecular weight excluding hydrogens is 230 g/mol. The SMILES string of the molecule is COC(=O)C1(C(=O)N(C)c2ccccc2C)CC1. The summed E-state index contributed by atoms with van der Waals surface area (Å²) in [5.41, 5.74) is 0.901. The lowest BCUT2D eigenvalue weighted by molar-refractivity contribution is -0.151. The lowest BCUT2D eigenvalue weighted by atomic mass is 10.0. The van der Waals surface area contributed by atoms with Gasteiger partial charge >= 0.3 is 5.97 Å². The maximum Gasteiger partial charge on any atom is 0.321 e. The highest BCUT2D eigenvalue weighted by Crippen LogP contribution is 2.48. The molecule has 0 saturated heterocycles. The summed E-state index contributed by atoms with van der Waals surface area (Å²) in [6.07, 6.45) is 1.16. The average Bonchev–Trinajstić information content (AvgIpc) is 3.18. The van der Waals surface area contributed by atoms with Gasteiger partial charge in [-0.2, -0.15) is 0 Å². The highest BCUT2D eigenvalue weighted by atomic mass is 16.5. The molecule has 0 atom stereocenters. The highest BCUT2D eigenvalue weighted by molar-refractivity contribution is 6.12. The third-order valence-corrected chi connectivity index (χ3v) is 3.52. The van der Waals surface area contributed by atoms with E-state index >= 15 is 0 Å². The Morgan fingerprint density at radius 1 is 1.28 bits per heavy atom. The first-order valence-electron chi connectivity index (χ1n) is 5.95. The molecule has 0 heterocycles. The van der Waals surface area contributed by atoms with Gasteiger partial charge < -0.3 is 9.64 Å². The zero-order valence-corrected chi connectivity index (χ0v) is 10.9. The molecule has 1 aliphatic rings. The molecule has 1 amide bonds. The second-order valence-electron chi connectivity index (χ2n) is 4.72. The van der Waals surface area contributed by atoms with Gasteiger partial charge in [0, 0.05) is 12.7 Å². The number of benzene rings is 1. The molecule has 4 heteroatoms. The Balaban J connectivity index is 2.25. The van der Waals surface area contributed by atoms with Crippen LogP contribution in [0.15, 0.2) is 24.3 Å². The van der Waals surface area contributed by atoms with Crippen LogP contribution in [-0.2, 0) is 14.3 Å². The average molecular weight is 247 g/mol. The van der Waals surface area contributed by atoms with Gasteiger partial charge in [-0.3, -0.25) is 9.59 Å². The van der Waals surface area contributed by atoms with Crippen LogP contribution >= 0.6 is 0 Å². The predicted molar refractivity (Wildman–Crippen MR) is 68.3 cm³/mol. The molecule has 1 aliphatic carbocycles. The van der Waals surface area contributed by atoms with E-state index < -0.39 is 11.4 Å². The third-order valence-electron chi connectivity index (χ3n) is 3.52. The maximum absolute atomic E-state index is 12.4. The zero-order chi connectivity index (χ0) is 13.3. The highest BCUT2D eigenvalue weighted by Gasteiger charge is 2.59. The van der Waals surface area contributed by atoms with Crippen molar-refractivity contribution in [1.82, 2.24) is 0 Å². The molecule has 0 unspecified atom stereocenters. The molecule has 1 aromatic rings. The lowest BCUT2D eigenvalue weighted by Crippen LogP contribution is -2.39. The summed E-state index contributed by atoms with van der Waals surface area (Å²) in [4.78, 5) is 25.6. The summed E-state index contributed by atoms with van der Waals surface area (Å²) in [5, 5.41) is 0. The second kappa shape index (κ2) is 4.44. The van der Waals surface area contributed by atoms with Crippen LogP contribution in [-0.4, -0.2) is 26.0 Å². The molecule has 0 radical (unpaired) electrons. The number of methoxy groups -OCH3 is 1. The molecule has 96 valence electrons. The van der Waals surface area contributed by atoms with Crippen molar-refractivity contribution in [2.24, 2.45) is 5.41 Å². The molecule has 0 bridgehead atoms. The van der Waals surface area contributed by atoms with Crippen LogP contribution in [0.25, 0.3) is 0 Å². The molecule has 0 spiro atoms. The summed E-state index contributed by atoms with van der Waals surface area (Å²) >= 11 is 0. The Labute approximate surface area is 107 Å². The number of hydrogen-bond donors (Lipinski definition) is 0. The zero-order valence-electron chi connectivity index (χ0n) is 10.9. The summed E-state index contributed by atoms with van der Waals surface area (Å²) in [6, 6.07) is 7.62. The van der Waals surface area contributed by atoms with Gasteiger partial charge in [0.25, 0.3) is 0 Å². The van der Waals surface area contributed by atoms with Crippen LogP contribution in [0, 0.1) is 12.3 Å². The van der Waals surface area contributed by atoms with Gasteiger partial charge in [0.15, 0.2) is 0 Å². The third kappa shape index (κ3) is 1.88. The first kappa shape index (κ1) is 12.6. The second-order valence-corrected chi connectivity index (χ2v) is 4.72. The fraction of sp³-hybridized carbons (Fsp3) is 0.429. The molecule has 4 nitrogen and oxygen atoms in total. The fourth-order valence-corrected chi connectivity index (χ4v) is 2.20. The Hall–Kier alpha value is -1.84. The van der Waals surface area contributed by atoms with Crippen molar-refractivity contribution in [3.63, 3.8) is 0 Å². The minimum absolute atomic E-state index is 0.177. The molecule has 18 heavy (non-hydrogen) atoms. The Kier molecular flexibility index (Phi) is 3.11. The largest absolute Gasteiger partial charge is 0.468 e. The van der Waals surface area contributed by atoms with E-state index in [2.05, 4.69) is 0 Å². The van der Waals surface area contributed by atoms with Crippen molar-refractivity contribution >= 4 is 17.6 Å². The van der Waals surface area contributed by atoms with Crippen LogP contribution in [0.2, 0.25) is 0 Å². The quantitative estimate of drug-likeness (QED) is 0.605. The van der Waals surface area contributed by atoms with E-state index in [1.165, 1.54) is 7.11 Å². The number of aryl methyl sites for hydroxylation is 1. The van der Waals surface area contributed by atoms with Gasteiger partial charge in [-0.25, -0.2) is 0 Å². The predicted octanol–water partition coefficient (Wildman–Crippen LogP) is 1.91. The standard InChI is InChI=1S/C14H17NO3/c1-10-6-4-5-7-11(10)15(2)12(16)14(8-9-14)13(17)18-3/h4-7H,8-9H2,1-3H3. The maximum atomic E-state index is 12.4. The van der Waals surface area contributed by atoms with E-state index in [0.717, 1.165) is 11.3 Å². The van der Waals surface area contributed by atoms with Gasteiger partial charge in [-0.05, 0) is 31.4 Å². The number of rotatable bonds is 3. The molecule has 1 saturated carbocycles. The van der Waals surface area contributed by atoms with Gasteiger partial charge in [-0.1, -0.05) is 18.2 Å². The molecule has 0 aromatic heterocycles. The summed E-state index contributed by atoms with van der Waals surface area (Å²) in [5.74, 6) is -0.600. The van der Waals surface area contributed by atoms with Crippen molar-refractivity contribution < 1.29 is 14.3 Å². The van der Waals surface area contributed by atoms with Gasteiger partial charge in [-0.15, -0.1) is 0 Å². The molecule has 2 rings (SSSR count). The van der Waals surface area contributed by atoms with Crippen LogP contribution in [0.1, 0.15) is 18.4 Å². The van der Waals surface area contributed by atoms with E-state index in [4.69, 9.17) is 4.74 Å². The molecule has 0 N–H and O–H groups in total. The summed E-state index contributed by atoms with van der Waals surface area (Å²) in [6.45, 7) is 1.94. The lowest BCUT2D eigenvalue weighted by Gasteiger charge is -2.23. The number of amides is 1. The number of nitrogens with zero attached hydrogens (tertiary/aromatic N) is 1. The van der Waals surface area contributed by atoms with E-state index in [-0.39, 0.29) is 5.91 Å². The minimum Gasteiger partial charge on any atom is -0.468 e.